The number of aryl methyl sites for hydroxylation is 2. The molecular weight excluding hydrogens is 280 g/mol. The number of aromatic nitrogens is 1. The van der Waals surface area contributed by atoms with Gasteiger partial charge in [0.05, 0.1) is 19.3 Å². The molecule has 1 aromatic rings. The monoisotopic (exact) mass is 304 g/mol. The van der Waals surface area contributed by atoms with Crippen LogP contribution in [-0.2, 0) is 12.8 Å². The molecule has 0 saturated carbocycles. The number of hydrogen-bond acceptors (Lipinski definition) is 4. The number of hydrogen-bond donors (Lipinski definition) is 1. The van der Waals surface area contributed by atoms with Gasteiger partial charge in [-0.05, 0) is 37.8 Å². The van der Waals surface area contributed by atoms with Gasteiger partial charge in [0.2, 0.25) is 5.88 Å². The second kappa shape index (κ2) is 4.95. The van der Waals surface area contributed by atoms with E-state index in [1.807, 2.05) is 19.9 Å². The van der Waals surface area contributed by atoms with Gasteiger partial charge < -0.3 is 14.7 Å². The van der Waals surface area contributed by atoms with Crippen molar-refractivity contribution in [1.82, 2.24) is 9.88 Å². The highest BCUT2D eigenvalue weighted by Crippen LogP contribution is 2.39. The van der Waals surface area contributed by atoms with E-state index < -0.39 is 5.60 Å². The van der Waals surface area contributed by atoms with Gasteiger partial charge in [0, 0.05) is 17.7 Å². The molecular formula is C17H24N2O3. The topological polar surface area (TPSA) is 62.7 Å². The lowest BCUT2D eigenvalue weighted by Gasteiger charge is -2.30. The molecule has 0 spiro atoms. The van der Waals surface area contributed by atoms with Crippen molar-refractivity contribution in [3.05, 3.63) is 22.9 Å². The standard InChI is InChI=1S/C17H24N2O3/c1-16(2)9-19(10-17(16,3)21)15(20)12-8-11-6-5-7-13(11)18-14(12)22-4/h8,21H,5-7,9-10H2,1-4H3/t17-/m0/s1. The molecule has 1 N–H and O–H groups in total. The normalized spacial score (nSPS) is 26.1. The van der Waals surface area contributed by atoms with E-state index in [4.69, 9.17) is 4.74 Å². The summed E-state index contributed by atoms with van der Waals surface area (Å²) in [5.41, 5.74) is 1.48. The summed E-state index contributed by atoms with van der Waals surface area (Å²) in [4.78, 5) is 19.1. The zero-order valence-electron chi connectivity index (χ0n) is 13.8. The molecule has 5 heteroatoms. The first-order chi connectivity index (χ1) is 10.2. The summed E-state index contributed by atoms with van der Waals surface area (Å²) in [5.74, 6) is 0.292. The highest BCUT2D eigenvalue weighted by molar-refractivity contribution is 5.97. The first-order valence-corrected chi connectivity index (χ1v) is 7.83. The van der Waals surface area contributed by atoms with E-state index in [0.717, 1.165) is 30.5 Å². The second-order valence-corrected chi connectivity index (χ2v) is 7.32. The van der Waals surface area contributed by atoms with Gasteiger partial charge in [-0.15, -0.1) is 0 Å². The van der Waals surface area contributed by atoms with Crippen LogP contribution in [0, 0.1) is 5.41 Å². The molecule has 1 aliphatic heterocycles. The fourth-order valence-electron chi connectivity index (χ4n) is 3.36. The Morgan fingerprint density at radius 2 is 2.05 bits per heavy atom. The Kier molecular flexibility index (Phi) is 3.44. The van der Waals surface area contributed by atoms with Crippen LogP contribution in [0.15, 0.2) is 6.07 Å². The Bertz CT molecular complexity index is 607. The lowest BCUT2D eigenvalue weighted by molar-refractivity contribution is -0.0108. The molecule has 1 fully saturated rings. The highest BCUT2D eigenvalue weighted by Gasteiger charge is 2.49. The van der Waals surface area contributed by atoms with Gasteiger partial charge >= 0.3 is 0 Å². The number of carbonyl (C=O) groups is 1. The molecule has 22 heavy (non-hydrogen) atoms. The van der Waals surface area contributed by atoms with Gasteiger partial charge in [-0.1, -0.05) is 13.8 Å². The molecule has 1 atom stereocenters. The number of carbonyl (C=O) groups excluding carboxylic acids is 1. The van der Waals surface area contributed by atoms with E-state index in [1.165, 1.54) is 0 Å². The molecule has 1 aromatic heterocycles. The van der Waals surface area contributed by atoms with Crippen LogP contribution in [0.25, 0.3) is 0 Å². The number of amides is 1. The van der Waals surface area contributed by atoms with Crippen LogP contribution in [0.2, 0.25) is 0 Å². The predicted molar refractivity (Wildman–Crippen MR) is 83.1 cm³/mol. The number of rotatable bonds is 2. The van der Waals surface area contributed by atoms with Crippen LogP contribution in [0.1, 0.15) is 48.8 Å². The van der Waals surface area contributed by atoms with E-state index >= 15 is 0 Å². The largest absolute Gasteiger partial charge is 0.480 e. The maximum Gasteiger partial charge on any atom is 0.259 e. The maximum atomic E-state index is 12.9. The summed E-state index contributed by atoms with van der Waals surface area (Å²) < 4.78 is 5.33. The molecule has 0 aromatic carbocycles. The molecule has 5 nitrogen and oxygen atoms in total. The molecule has 0 radical (unpaired) electrons. The van der Waals surface area contributed by atoms with Crippen molar-refractivity contribution in [1.29, 1.82) is 0 Å². The minimum absolute atomic E-state index is 0.107. The molecule has 2 heterocycles. The third-order valence-electron chi connectivity index (χ3n) is 5.27. The van der Waals surface area contributed by atoms with Crippen molar-refractivity contribution in [2.45, 2.75) is 45.6 Å². The Labute approximate surface area is 131 Å². The van der Waals surface area contributed by atoms with Crippen LogP contribution in [0.4, 0.5) is 0 Å². The van der Waals surface area contributed by atoms with E-state index in [1.54, 1.807) is 18.9 Å². The Balaban J connectivity index is 1.93. The molecule has 1 amide bonds. The molecule has 120 valence electrons. The Morgan fingerprint density at radius 3 is 2.64 bits per heavy atom. The van der Waals surface area contributed by atoms with E-state index in [2.05, 4.69) is 4.98 Å². The lowest BCUT2D eigenvalue weighted by atomic mass is 9.79. The summed E-state index contributed by atoms with van der Waals surface area (Å²) in [6.45, 7) is 6.62. The van der Waals surface area contributed by atoms with Crippen LogP contribution < -0.4 is 4.74 Å². The van der Waals surface area contributed by atoms with Crippen molar-refractivity contribution in [3.63, 3.8) is 0 Å². The molecule has 3 rings (SSSR count). The van der Waals surface area contributed by atoms with Crippen molar-refractivity contribution in [2.24, 2.45) is 5.41 Å². The molecule has 2 aliphatic rings. The van der Waals surface area contributed by atoms with Gasteiger partial charge in [-0.25, -0.2) is 4.98 Å². The fourth-order valence-corrected chi connectivity index (χ4v) is 3.36. The number of likely N-dealkylation sites (tertiary alicyclic amines) is 1. The zero-order valence-corrected chi connectivity index (χ0v) is 13.8. The summed E-state index contributed by atoms with van der Waals surface area (Å²) in [7, 11) is 1.55. The van der Waals surface area contributed by atoms with Gasteiger partial charge in [0.25, 0.3) is 5.91 Å². The predicted octanol–water partition coefficient (Wildman–Crippen LogP) is 1.81. The number of pyridine rings is 1. The SMILES string of the molecule is COc1nc2c(cc1C(=O)N1CC(C)(C)[C@@](C)(O)C1)CCC2. The highest BCUT2D eigenvalue weighted by atomic mass is 16.5. The first-order valence-electron chi connectivity index (χ1n) is 7.83. The van der Waals surface area contributed by atoms with E-state index in [0.29, 0.717) is 24.5 Å². The summed E-state index contributed by atoms with van der Waals surface area (Å²) >= 11 is 0. The van der Waals surface area contributed by atoms with Crippen molar-refractivity contribution < 1.29 is 14.6 Å². The van der Waals surface area contributed by atoms with Gasteiger partial charge in [-0.3, -0.25) is 4.79 Å². The second-order valence-electron chi connectivity index (χ2n) is 7.32. The first kappa shape index (κ1) is 15.3. The molecule has 1 aliphatic carbocycles. The Morgan fingerprint density at radius 1 is 1.32 bits per heavy atom. The van der Waals surface area contributed by atoms with Crippen molar-refractivity contribution >= 4 is 5.91 Å². The van der Waals surface area contributed by atoms with Crippen LogP contribution in [-0.4, -0.2) is 46.7 Å². The fraction of sp³-hybridized carbons (Fsp3) is 0.647. The number of β-amino-alcohol motifs (C(OH)–C–C–N with tert-alkyl or cyclic N) is 1. The number of fused-ring (bicyclic) bond motifs is 1. The van der Waals surface area contributed by atoms with Crippen LogP contribution >= 0.6 is 0 Å². The van der Waals surface area contributed by atoms with Gasteiger partial charge in [0.1, 0.15) is 5.56 Å². The smallest absolute Gasteiger partial charge is 0.259 e. The minimum Gasteiger partial charge on any atom is -0.480 e. The average Bonchev–Trinajstić information content (AvgIpc) is 2.98. The molecule has 1 saturated heterocycles. The number of ether oxygens (including phenoxy) is 1. The minimum atomic E-state index is -0.889. The lowest BCUT2D eigenvalue weighted by Crippen LogP contribution is -2.40. The number of methoxy groups -OCH3 is 1. The summed E-state index contributed by atoms with van der Waals surface area (Å²) in [6.07, 6.45) is 3.00. The van der Waals surface area contributed by atoms with Crippen molar-refractivity contribution in [2.75, 3.05) is 20.2 Å². The number of nitrogens with zero attached hydrogens (tertiary/aromatic N) is 2. The average molecular weight is 304 g/mol. The van der Waals surface area contributed by atoms with E-state index in [-0.39, 0.29) is 11.3 Å². The third-order valence-corrected chi connectivity index (χ3v) is 5.27. The van der Waals surface area contributed by atoms with Crippen LogP contribution in [0.3, 0.4) is 0 Å². The van der Waals surface area contributed by atoms with Crippen LogP contribution in [0.5, 0.6) is 5.88 Å². The summed E-state index contributed by atoms with van der Waals surface area (Å²) in [5, 5.41) is 10.5. The zero-order chi connectivity index (χ0) is 16.1. The summed E-state index contributed by atoms with van der Waals surface area (Å²) in [6, 6.07) is 1.93. The van der Waals surface area contributed by atoms with E-state index in [9.17, 15) is 9.90 Å². The van der Waals surface area contributed by atoms with Gasteiger partial charge in [-0.2, -0.15) is 0 Å². The molecule has 0 bridgehead atoms. The molecule has 0 unspecified atom stereocenters. The quantitative estimate of drug-likeness (QED) is 0.905. The maximum absolute atomic E-state index is 12.9. The number of aliphatic hydroxyl groups is 1. The van der Waals surface area contributed by atoms with Crippen molar-refractivity contribution in [3.8, 4) is 5.88 Å². The third kappa shape index (κ3) is 2.28. The van der Waals surface area contributed by atoms with Gasteiger partial charge in [0.15, 0.2) is 0 Å². The Hall–Kier alpha value is -1.62.